The summed E-state index contributed by atoms with van der Waals surface area (Å²) in [6.45, 7) is 2.62. The Morgan fingerprint density at radius 3 is 2.96 bits per heavy atom. The lowest BCUT2D eigenvalue weighted by molar-refractivity contribution is -0.121. The smallest absolute Gasteiger partial charge is 0.258 e. The van der Waals surface area contributed by atoms with Crippen molar-refractivity contribution in [3.63, 3.8) is 0 Å². The van der Waals surface area contributed by atoms with Crippen LogP contribution in [0.4, 0.5) is 5.69 Å². The topological polar surface area (TPSA) is 71.5 Å². The van der Waals surface area contributed by atoms with Crippen LogP contribution in [0.15, 0.2) is 42.7 Å². The Balaban J connectivity index is 1.77. The van der Waals surface area contributed by atoms with Crippen LogP contribution in [0, 0.1) is 0 Å². The highest BCUT2D eigenvalue weighted by molar-refractivity contribution is 6.08. The molecule has 0 aliphatic carbocycles. The minimum atomic E-state index is -0.678. The zero-order valence-electron chi connectivity index (χ0n) is 15.6. The molecule has 2 aromatic rings. The molecule has 6 nitrogen and oxygen atoms in total. The third-order valence-corrected chi connectivity index (χ3v) is 5.81. The molecule has 0 saturated carbocycles. The second kappa shape index (κ2) is 6.68. The van der Waals surface area contributed by atoms with Gasteiger partial charge in [-0.2, -0.15) is 0 Å². The number of carbonyl (C=O) groups excluding carboxylic acids is 2. The van der Waals surface area contributed by atoms with Crippen LogP contribution in [-0.4, -0.2) is 41.4 Å². The Morgan fingerprint density at radius 2 is 2.19 bits per heavy atom. The van der Waals surface area contributed by atoms with Crippen molar-refractivity contribution in [2.24, 2.45) is 0 Å². The number of ether oxygens (including phenoxy) is 1. The van der Waals surface area contributed by atoms with E-state index >= 15 is 0 Å². The number of likely N-dealkylation sites (tertiary alicyclic amines) is 1. The van der Waals surface area contributed by atoms with E-state index in [2.05, 4.69) is 17.2 Å². The number of anilines is 1. The molecular weight excluding hydrogens is 342 g/mol. The van der Waals surface area contributed by atoms with Gasteiger partial charge in [0.25, 0.3) is 5.91 Å². The van der Waals surface area contributed by atoms with Crippen molar-refractivity contribution in [2.75, 3.05) is 19.0 Å². The van der Waals surface area contributed by atoms with E-state index in [1.54, 1.807) is 18.5 Å². The second-order valence-corrected chi connectivity index (χ2v) is 7.10. The molecule has 0 unspecified atom stereocenters. The van der Waals surface area contributed by atoms with E-state index in [-0.39, 0.29) is 17.9 Å². The summed E-state index contributed by atoms with van der Waals surface area (Å²) in [6.07, 6.45) is 5.42. The normalized spacial score (nSPS) is 23.4. The van der Waals surface area contributed by atoms with Gasteiger partial charge in [-0.05, 0) is 30.5 Å². The van der Waals surface area contributed by atoms with E-state index in [0.29, 0.717) is 24.3 Å². The van der Waals surface area contributed by atoms with Gasteiger partial charge in [0.15, 0.2) is 0 Å². The molecule has 2 aliphatic rings. The average Bonchev–Trinajstić information content (AvgIpc) is 3.21. The van der Waals surface area contributed by atoms with Gasteiger partial charge >= 0.3 is 0 Å². The Kier molecular flexibility index (Phi) is 4.34. The van der Waals surface area contributed by atoms with Gasteiger partial charge in [-0.3, -0.25) is 14.6 Å². The zero-order chi connectivity index (χ0) is 19.0. The third kappa shape index (κ3) is 2.51. The quantitative estimate of drug-likeness (QED) is 0.904. The van der Waals surface area contributed by atoms with Crippen LogP contribution >= 0.6 is 0 Å². The predicted octanol–water partition coefficient (Wildman–Crippen LogP) is 2.99. The Hall–Kier alpha value is -2.89. The fourth-order valence-electron chi connectivity index (χ4n) is 4.59. The first-order chi connectivity index (χ1) is 13.1. The molecule has 1 fully saturated rings. The number of nitrogens with one attached hydrogen (secondary N) is 1. The van der Waals surface area contributed by atoms with Gasteiger partial charge in [0, 0.05) is 18.4 Å². The molecule has 2 amide bonds. The molecule has 27 heavy (non-hydrogen) atoms. The number of hydrogen-bond donors (Lipinski definition) is 1. The van der Waals surface area contributed by atoms with Crippen LogP contribution < -0.4 is 10.1 Å². The SMILES string of the molecule is CCC[C@@H]1N(C(=O)c2ccncc2OC)CC[C@]12C(=O)Nc1ccccc12. The number of amides is 2. The molecule has 2 aliphatic heterocycles. The molecule has 4 rings (SSSR count). The molecule has 1 saturated heterocycles. The molecule has 0 bridgehead atoms. The molecule has 6 heteroatoms. The standard InChI is InChI=1S/C21H23N3O3/c1-3-6-18-21(15-7-4-5-8-16(15)23-20(21)26)10-12-24(18)19(25)14-9-11-22-13-17(14)27-2/h4-5,7-9,11,13,18H,3,6,10,12H2,1-2H3,(H,23,26)/t18-,21+/m0/s1. The summed E-state index contributed by atoms with van der Waals surface area (Å²) in [5, 5.41) is 3.03. The number of hydrogen-bond acceptors (Lipinski definition) is 4. The summed E-state index contributed by atoms with van der Waals surface area (Å²) in [4.78, 5) is 32.3. The number of pyridine rings is 1. The highest BCUT2D eigenvalue weighted by Crippen LogP contribution is 2.49. The number of nitrogens with zero attached hydrogens (tertiary/aromatic N) is 2. The van der Waals surface area contributed by atoms with Crippen molar-refractivity contribution >= 4 is 17.5 Å². The number of para-hydroxylation sites is 1. The van der Waals surface area contributed by atoms with Gasteiger partial charge in [-0.15, -0.1) is 0 Å². The number of rotatable bonds is 4. The summed E-state index contributed by atoms with van der Waals surface area (Å²) in [5.41, 5.74) is 1.67. The van der Waals surface area contributed by atoms with E-state index in [4.69, 9.17) is 4.74 Å². The van der Waals surface area contributed by atoms with Crippen LogP contribution in [0.25, 0.3) is 0 Å². The molecule has 1 aromatic carbocycles. The second-order valence-electron chi connectivity index (χ2n) is 7.10. The lowest BCUT2D eigenvalue weighted by atomic mass is 9.73. The van der Waals surface area contributed by atoms with E-state index < -0.39 is 5.41 Å². The average molecular weight is 365 g/mol. The van der Waals surface area contributed by atoms with Crippen LogP contribution in [0.5, 0.6) is 5.75 Å². The van der Waals surface area contributed by atoms with Gasteiger partial charge in [0.2, 0.25) is 5.91 Å². The molecule has 3 heterocycles. The van der Waals surface area contributed by atoms with Gasteiger partial charge in [0.1, 0.15) is 5.75 Å². The van der Waals surface area contributed by atoms with E-state index in [9.17, 15) is 9.59 Å². The first kappa shape index (κ1) is 17.5. The van der Waals surface area contributed by atoms with E-state index in [1.165, 1.54) is 7.11 Å². The molecule has 1 N–H and O–H groups in total. The molecule has 0 radical (unpaired) electrons. The molecule has 140 valence electrons. The predicted molar refractivity (Wildman–Crippen MR) is 102 cm³/mol. The Bertz CT molecular complexity index is 898. The largest absolute Gasteiger partial charge is 0.494 e. The minimum absolute atomic E-state index is 0.000793. The van der Waals surface area contributed by atoms with Crippen LogP contribution in [-0.2, 0) is 10.2 Å². The van der Waals surface area contributed by atoms with Crippen LogP contribution in [0.3, 0.4) is 0 Å². The number of fused-ring (bicyclic) bond motifs is 2. The van der Waals surface area contributed by atoms with Gasteiger partial charge in [-0.1, -0.05) is 31.5 Å². The lowest BCUT2D eigenvalue weighted by Gasteiger charge is -2.34. The van der Waals surface area contributed by atoms with Crippen molar-refractivity contribution in [1.82, 2.24) is 9.88 Å². The summed E-state index contributed by atoms with van der Waals surface area (Å²) in [6, 6.07) is 9.32. The van der Waals surface area contributed by atoms with Crippen molar-refractivity contribution in [2.45, 2.75) is 37.6 Å². The number of aromatic nitrogens is 1. The van der Waals surface area contributed by atoms with Gasteiger partial charge in [0.05, 0.1) is 30.3 Å². The van der Waals surface area contributed by atoms with Crippen LogP contribution in [0.1, 0.15) is 42.1 Å². The summed E-state index contributed by atoms with van der Waals surface area (Å²) >= 11 is 0. The molecule has 2 atom stereocenters. The summed E-state index contributed by atoms with van der Waals surface area (Å²) in [7, 11) is 1.53. The first-order valence-electron chi connectivity index (χ1n) is 9.33. The fraction of sp³-hybridized carbons (Fsp3) is 0.381. The number of benzene rings is 1. The zero-order valence-corrected chi connectivity index (χ0v) is 15.6. The monoisotopic (exact) mass is 365 g/mol. The minimum Gasteiger partial charge on any atom is -0.494 e. The van der Waals surface area contributed by atoms with Crippen molar-refractivity contribution < 1.29 is 14.3 Å². The molecular formula is C21H23N3O3. The number of carbonyl (C=O) groups is 2. The van der Waals surface area contributed by atoms with E-state index in [0.717, 1.165) is 24.1 Å². The van der Waals surface area contributed by atoms with Gasteiger partial charge in [-0.25, -0.2) is 0 Å². The number of methoxy groups -OCH3 is 1. The maximum atomic E-state index is 13.4. The maximum absolute atomic E-state index is 13.4. The Morgan fingerprint density at radius 1 is 1.37 bits per heavy atom. The summed E-state index contributed by atoms with van der Waals surface area (Å²) in [5.74, 6) is 0.343. The van der Waals surface area contributed by atoms with Crippen molar-refractivity contribution in [3.05, 3.63) is 53.9 Å². The lowest BCUT2D eigenvalue weighted by Crippen LogP contribution is -2.48. The van der Waals surface area contributed by atoms with Crippen molar-refractivity contribution in [1.29, 1.82) is 0 Å². The Labute approximate surface area is 158 Å². The molecule has 1 aromatic heterocycles. The van der Waals surface area contributed by atoms with Crippen LogP contribution in [0.2, 0.25) is 0 Å². The third-order valence-electron chi connectivity index (χ3n) is 5.81. The fourth-order valence-corrected chi connectivity index (χ4v) is 4.59. The van der Waals surface area contributed by atoms with Crippen molar-refractivity contribution in [3.8, 4) is 5.75 Å². The maximum Gasteiger partial charge on any atom is 0.258 e. The van der Waals surface area contributed by atoms with Gasteiger partial charge < -0.3 is 15.0 Å². The first-order valence-corrected chi connectivity index (χ1v) is 9.33. The molecule has 1 spiro atoms. The van der Waals surface area contributed by atoms with E-state index in [1.807, 2.05) is 29.2 Å². The highest BCUT2D eigenvalue weighted by Gasteiger charge is 2.58. The highest BCUT2D eigenvalue weighted by atomic mass is 16.5. The summed E-state index contributed by atoms with van der Waals surface area (Å²) < 4.78 is 5.33.